The Bertz CT molecular complexity index is 711. The number of benzene rings is 1. The van der Waals surface area contributed by atoms with E-state index in [0.717, 1.165) is 6.07 Å². The van der Waals surface area contributed by atoms with Crippen molar-refractivity contribution in [1.29, 1.82) is 0 Å². The van der Waals surface area contributed by atoms with Gasteiger partial charge < -0.3 is 5.11 Å². The molecule has 0 saturated carbocycles. The maximum absolute atomic E-state index is 13.1. The Balaban J connectivity index is 2.16. The smallest absolute Gasteiger partial charge is 0.389 e. The second-order valence-electron chi connectivity index (χ2n) is 6.45. The number of halogens is 3. The molecule has 1 N–H and O–H groups in total. The van der Waals surface area contributed by atoms with Crippen molar-refractivity contribution in [2.75, 3.05) is 0 Å². The maximum Gasteiger partial charge on any atom is 0.416 e. The zero-order valence-corrected chi connectivity index (χ0v) is 14.1. The third-order valence-corrected chi connectivity index (χ3v) is 4.47. The normalized spacial score (nSPS) is 14.5. The Morgan fingerprint density at radius 2 is 1.96 bits per heavy atom. The van der Waals surface area contributed by atoms with E-state index >= 15 is 0 Å². The number of rotatable bonds is 6. The van der Waals surface area contributed by atoms with E-state index < -0.39 is 17.3 Å². The molecule has 1 heterocycles. The van der Waals surface area contributed by atoms with Gasteiger partial charge in [0, 0.05) is 12.4 Å². The van der Waals surface area contributed by atoms with Crippen molar-refractivity contribution >= 4 is 5.91 Å². The highest BCUT2D eigenvalue weighted by Crippen LogP contribution is 2.34. The molecule has 1 aromatic heterocycles. The lowest BCUT2D eigenvalue weighted by Gasteiger charge is -2.32. The van der Waals surface area contributed by atoms with E-state index in [1.54, 1.807) is 13.8 Å². The molecule has 0 aliphatic heterocycles. The lowest BCUT2D eigenvalue weighted by atomic mass is 9.81. The number of carbonyl (C=O) groups excluding carboxylic acids is 1. The SMILES string of the molecule is CC(C)C(O)(CCc1ccccc1C(F)(F)F)CC(=O)n1ccnc1. The van der Waals surface area contributed by atoms with Gasteiger partial charge in [0.05, 0.1) is 17.6 Å². The minimum atomic E-state index is -4.45. The monoisotopic (exact) mass is 354 g/mol. The van der Waals surface area contributed by atoms with Gasteiger partial charge in [0.2, 0.25) is 5.91 Å². The quantitative estimate of drug-likeness (QED) is 0.854. The first-order valence-electron chi connectivity index (χ1n) is 8.02. The molecule has 0 saturated heterocycles. The highest BCUT2D eigenvalue weighted by atomic mass is 19.4. The molecule has 0 spiro atoms. The molecular weight excluding hydrogens is 333 g/mol. The first-order valence-corrected chi connectivity index (χ1v) is 8.02. The second kappa shape index (κ2) is 7.39. The highest BCUT2D eigenvalue weighted by Gasteiger charge is 2.36. The number of alkyl halides is 3. The van der Waals surface area contributed by atoms with E-state index in [-0.39, 0.29) is 36.7 Å². The number of hydrogen-bond donors (Lipinski definition) is 1. The molecule has 136 valence electrons. The van der Waals surface area contributed by atoms with Crippen LogP contribution in [0, 0.1) is 5.92 Å². The molecule has 0 aliphatic rings. The fourth-order valence-corrected chi connectivity index (χ4v) is 2.71. The molecule has 0 aliphatic carbocycles. The number of aryl methyl sites for hydroxylation is 1. The summed E-state index contributed by atoms with van der Waals surface area (Å²) in [6.45, 7) is 3.49. The highest BCUT2D eigenvalue weighted by molar-refractivity contribution is 5.79. The summed E-state index contributed by atoms with van der Waals surface area (Å²) < 4.78 is 40.5. The van der Waals surface area contributed by atoms with Crippen molar-refractivity contribution in [3.05, 3.63) is 54.1 Å². The molecule has 4 nitrogen and oxygen atoms in total. The predicted molar refractivity (Wildman–Crippen MR) is 87.0 cm³/mol. The fourth-order valence-electron chi connectivity index (χ4n) is 2.71. The summed E-state index contributed by atoms with van der Waals surface area (Å²) in [6.07, 6.45) is -0.288. The number of hydrogen-bond acceptors (Lipinski definition) is 3. The molecular formula is C18H21F3N2O2. The van der Waals surface area contributed by atoms with Crippen molar-refractivity contribution in [3.8, 4) is 0 Å². The van der Waals surface area contributed by atoms with E-state index in [1.807, 2.05) is 0 Å². The van der Waals surface area contributed by atoms with Gasteiger partial charge in [0.1, 0.15) is 6.33 Å². The van der Waals surface area contributed by atoms with E-state index in [1.165, 1.54) is 41.5 Å². The van der Waals surface area contributed by atoms with Crippen LogP contribution in [0.2, 0.25) is 0 Å². The Labute approximate surface area is 144 Å². The zero-order chi connectivity index (χ0) is 18.7. The third kappa shape index (κ3) is 4.69. The summed E-state index contributed by atoms with van der Waals surface area (Å²) in [5, 5.41) is 10.9. The van der Waals surface area contributed by atoms with E-state index in [0.29, 0.717) is 0 Å². The van der Waals surface area contributed by atoms with Crippen LogP contribution >= 0.6 is 0 Å². The summed E-state index contributed by atoms with van der Waals surface area (Å²) in [6, 6.07) is 5.31. The standard InChI is InChI=1S/C18H21F3N2O2/c1-13(2)17(25,11-16(24)23-10-9-22-12-23)8-7-14-5-3-4-6-15(14)18(19,20)21/h3-6,9-10,12-13,25H,7-8,11H2,1-2H3. The maximum atomic E-state index is 13.1. The van der Waals surface area contributed by atoms with Gasteiger partial charge in [0.15, 0.2) is 0 Å². The number of imidazole rings is 1. The van der Waals surface area contributed by atoms with Gasteiger partial charge in [0.25, 0.3) is 0 Å². The van der Waals surface area contributed by atoms with E-state index in [2.05, 4.69) is 4.98 Å². The minimum Gasteiger partial charge on any atom is -0.389 e. The van der Waals surface area contributed by atoms with E-state index in [4.69, 9.17) is 0 Å². The van der Waals surface area contributed by atoms with Crippen LogP contribution in [0.3, 0.4) is 0 Å². The Kier molecular flexibility index (Phi) is 5.67. The van der Waals surface area contributed by atoms with Gasteiger partial charge in [-0.1, -0.05) is 32.0 Å². The second-order valence-corrected chi connectivity index (χ2v) is 6.45. The van der Waals surface area contributed by atoms with Crippen LogP contribution in [-0.4, -0.2) is 26.2 Å². The number of nitrogens with zero attached hydrogens (tertiary/aromatic N) is 2. The predicted octanol–water partition coefficient (Wildman–Crippen LogP) is 3.95. The van der Waals surface area contributed by atoms with Crippen LogP contribution in [0.1, 0.15) is 42.6 Å². The molecule has 1 atom stereocenters. The fraction of sp³-hybridized carbons (Fsp3) is 0.444. The average Bonchev–Trinajstić information content (AvgIpc) is 3.07. The molecule has 1 aromatic carbocycles. The minimum absolute atomic E-state index is 0.0293. The van der Waals surface area contributed by atoms with Gasteiger partial charge in [-0.3, -0.25) is 9.36 Å². The zero-order valence-electron chi connectivity index (χ0n) is 14.1. The van der Waals surface area contributed by atoms with Gasteiger partial charge in [-0.05, 0) is 30.4 Å². The summed E-state index contributed by atoms with van der Waals surface area (Å²) >= 11 is 0. The molecule has 7 heteroatoms. The van der Waals surface area contributed by atoms with Crippen molar-refractivity contribution in [1.82, 2.24) is 9.55 Å². The van der Waals surface area contributed by atoms with Crippen molar-refractivity contribution < 1.29 is 23.1 Å². The molecule has 2 rings (SSSR count). The van der Waals surface area contributed by atoms with Gasteiger partial charge in [-0.25, -0.2) is 4.98 Å². The lowest BCUT2D eigenvalue weighted by Crippen LogP contribution is -2.39. The first-order chi connectivity index (χ1) is 11.6. The van der Waals surface area contributed by atoms with Gasteiger partial charge in [-0.15, -0.1) is 0 Å². The summed E-state index contributed by atoms with van der Waals surface area (Å²) in [5.74, 6) is -0.643. The van der Waals surface area contributed by atoms with Gasteiger partial charge >= 0.3 is 6.18 Å². The van der Waals surface area contributed by atoms with Crippen LogP contribution in [-0.2, 0) is 12.6 Å². The Hall–Kier alpha value is -2.15. The van der Waals surface area contributed by atoms with Crippen LogP contribution in [0.4, 0.5) is 13.2 Å². The van der Waals surface area contributed by atoms with Gasteiger partial charge in [-0.2, -0.15) is 13.2 Å². The Morgan fingerprint density at radius 3 is 2.52 bits per heavy atom. The number of aromatic nitrogens is 2. The number of carbonyl (C=O) groups is 1. The molecule has 0 radical (unpaired) electrons. The van der Waals surface area contributed by atoms with E-state index in [9.17, 15) is 23.1 Å². The van der Waals surface area contributed by atoms with Crippen molar-refractivity contribution in [3.63, 3.8) is 0 Å². The Morgan fingerprint density at radius 1 is 1.28 bits per heavy atom. The van der Waals surface area contributed by atoms with Crippen molar-refractivity contribution in [2.24, 2.45) is 5.92 Å². The third-order valence-electron chi connectivity index (χ3n) is 4.47. The molecule has 2 aromatic rings. The summed E-state index contributed by atoms with van der Waals surface area (Å²) in [7, 11) is 0. The number of aliphatic hydroxyl groups is 1. The molecule has 0 fully saturated rings. The molecule has 0 amide bonds. The van der Waals surface area contributed by atoms with Crippen LogP contribution < -0.4 is 0 Å². The summed E-state index contributed by atoms with van der Waals surface area (Å²) in [5.41, 5.74) is -1.99. The van der Waals surface area contributed by atoms with Crippen LogP contribution in [0.25, 0.3) is 0 Å². The largest absolute Gasteiger partial charge is 0.416 e. The van der Waals surface area contributed by atoms with Crippen molar-refractivity contribution in [2.45, 2.75) is 44.9 Å². The summed E-state index contributed by atoms with van der Waals surface area (Å²) in [4.78, 5) is 16.0. The molecule has 1 unspecified atom stereocenters. The van der Waals surface area contributed by atoms with Crippen LogP contribution in [0.15, 0.2) is 43.0 Å². The topological polar surface area (TPSA) is 55.1 Å². The average molecular weight is 354 g/mol. The lowest BCUT2D eigenvalue weighted by molar-refractivity contribution is -0.138. The molecule has 25 heavy (non-hydrogen) atoms. The first kappa shape index (κ1) is 19.2. The molecule has 0 bridgehead atoms. The van der Waals surface area contributed by atoms with Crippen LogP contribution in [0.5, 0.6) is 0 Å².